The molecule has 0 aliphatic rings. The fourth-order valence-corrected chi connectivity index (χ4v) is 0.732. The topological polar surface area (TPSA) is 27.1 Å². The van der Waals surface area contributed by atoms with Crippen molar-refractivity contribution in [2.24, 2.45) is 7.05 Å². The van der Waals surface area contributed by atoms with Crippen LogP contribution in [0.1, 0.15) is 13.8 Å². The molecule has 3 nitrogen and oxygen atoms in total. The maximum Gasteiger partial charge on any atom is 0.157 e. The van der Waals surface area contributed by atoms with E-state index in [1.807, 2.05) is 27.1 Å². The van der Waals surface area contributed by atoms with Crippen molar-refractivity contribution in [3.8, 4) is 5.75 Å². The first-order valence-electron chi connectivity index (χ1n) is 3.34. The second-order valence-electron chi connectivity index (χ2n) is 2.52. The third-order valence-corrected chi connectivity index (χ3v) is 1.05. The summed E-state index contributed by atoms with van der Waals surface area (Å²) in [6.07, 6.45) is 3.78. The Labute approximate surface area is 60.6 Å². The Balaban J connectivity index is 2.58. The zero-order chi connectivity index (χ0) is 7.56. The third kappa shape index (κ3) is 1.76. The number of nitrogens with zero attached hydrogens (tertiary/aromatic N) is 2. The van der Waals surface area contributed by atoms with Gasteiger partial charge in [0.05, 0.1) is 18.5 Å². The van der Waals surface area contributed by atoms with Crippen LogP contribution in [0.25, 0.3) is 0 Å². The van der Waals surface area contributed by atoms with Gasteiger partial charge in [-0.1, -0.05) is 0 Å². The smallest absolute Gasteiger partial charge is 0.157 e. The maximum atomic E-state index is 5.35. The molecule has 0 saturated carbocycles. The molecule has 1 aromatic rings. The summed E-state index contributed by atoms with van der Waals surface area (Å²) in [6, 6.07) is 0. The molecule has 1 rings (SSSR count). The van der Waals surface area contributed by atoms with Gasteiger partial charge in [0.25, 0.3) is 0 Å². The van der Waals surface area contributed by atoms with E-state index in [4.69, 9.17) is 4.74 Å². The van der Waals surface area contributed by atoms with Crippen LogP contribution in [0.5, 0.6) is 5.75 Å². The van der Waals surface area contributed by atoms with Crippen molar-refractivity contribution in [1.29, 1.82) is 0 Å². The van der Waals surface area contributed by atoms with Crippen LogP contribution in [-0.2, 0) is 7.05 Å². The van der Waals surface area contributed by atoms with Crippen LogP contribution in [0.2, 0.25) is 0 Å². The molecule has 0 saturated heterocycles. The second-order valence-corrected chi connectivity index (χ2v) is 2.52. The first-order valence-corrected chi connectivity index (χ1v) is 3.34. The van der Waals surface area contributed by atoms with Gasteiger partial charge in [0.2, 0.25) is 0 Å². The van der Waals surface area contributed by atoms with Gasteiger partial charge in [0, 0.05) is 7.05 Å². The van der Waals surface area contributed by atoms with Gasteiger partial charge < -0.3 is 4.74 Å². The van der Waals surface area contributed by atoms with Gasteiger partial charge in [0.15, 0.2) is 5.75 Å². The highest BCUT2D eigenvalue weighted by Gasteiger charge is 1.97. The first kappa shape index (κ1) is 7.12. The van der Waals surface area contributed by atoms with Gasteiger partial charge in [-0.05, 0) is 13.8 Å². The predicted octanol–water partition coefficient (Wildman–Crippen LogP) is 1.21. The summed E-state index contributed by atoms with van der Waals surface area (Å²) < 4.78 is 7.07. The Kier molecular flexibility index (Phi) is 1.94. The van der Waals surface area contributed by atoms with Crippen molar-refractivity contribution in [2.45, 2.75) is 20.0 Å². The minimum absolute atomic E-state index is 0.226. The molecule has 0 N–H and O–H groups in total. The average molecular weight is 140 g/mol. The molecular weight excluding hydrogens is 128 g/mol. The predicted molar refractivity (Wildman–Crippen MR) is 39.0 cm³/mol. The lowest BCUT2D eigenvalue weighted by atomic mass is 10.5. The summed E-state index contributed by atoms with van der Waals surface area (Å²) in [7, 11) is 1.87. The first-order chi connectivity index (χ1) is 4.68. The van der Waals surface area contributed by atoms with Gasteiger partial charge in [0.1, 0.15) is 0 Å². The molecule has 0 atom stereocenters. The molecule has 10 heavy (non-hydrogen) atoms. The molecule has 0 spiro atoms. The van der Waals surface area contributed by atoms with Crippen LogP contribution in [0.15, 0.2) is 12.4 Å². The van der Waals surface area contributed by atoms with Crippen molar-refractivity contribution in [1.82, 2.24) is 9.78 Å². The van der Waals surface area contributed by atoms with Crippen LogP contribution in [-0.4, -0.2) is 15.9 Å². The summed E-state index contributed by atoms with van der Waals surface area (Å²) in [5, 5.41) is 3.96. The number of ether oxygens (including phenoxy) is 1. The summed E-state index contributed by atoms with van der Waals surface area (Å²) in [6.45, 7) is 3.99. The molecule has 0 aliphatic heterocycles. The van der Waals surface area contributed by atoms with E-state index in [1.165, 1.54) is 0 Å². The lowest BCUT2D eigenvalue weighted by Gasteiger charge is -2.04. The molecule has 0 unspecified atom stereocenters. The van der Waals surface area contributed by atoms with Crippen molar-refractivity contribution in [2.75, 3.05) is 0 Å². The zero-order valence-electron chi connectivity index (χ0n) is 6.53. The van der Waals surface area contributed by atoms with Gasteiger partial charge in [-0.15, -0.1) is 0 Å². The van der Waals surface area contributed by atoms with Crippen LogP contribution in [0.4, 0.5) is 0 Å². The highest BCUT2D eigenvalue weighted by Crippen LogP contribution is 2.08. The Bertz CT molecular complexity index is 205. The summed E-state index contributed by atoms with van der Waals surface area (Å²) in [5.74, 6) is 0.831. The molecule has 0 fully saturated rings. The number of hydrogen-bond acceptors (Lipinski definition) is 2. The second kappa shape index (κ2) is 2.73. The van der Waals surface area contributed by atoms with Gasteiger partial charge in [-0.3, -0.25) is 4.68 Å². The molecule has 0 amide bonds. The highest BCUT2D eigenvalue weighted by atomic mass is 16.5. The largest absolute Gasteiger partial charge is 0.488 e. The van der Waals surface area contributed by atoms with Crippen molar-refractivity contribution in [3.63, 3.8) is 0 Å². The fraction of sp³-hybridized carbons (Fsp3) is 0.571. The minimum atomic E-state index is 0.226. The molecular formula is C7H12N2O. The quantitative estimate of drug-likeness (QED) is 0.617. The lowest BCUT2D eigenvalue weighted by Crippen LogP contribution is -2.04. The minimum Gasteiger partial charge on any atom is -0.488 e. The number of hydrogen-bond donors (Lipinski definition) is 0. The molecule has 56 valence electrons. The fourth-order valence-electron chi connectivity index (χ4n) is 0.732. The maximum absolute atomic E-state index is 5.35. The average Bonchev–Trinajstić information content (AvgIpc) is 2.13. The standard InChI is InChI=1S/C7H12N2O/c1-6(2)10-7-4-8-9(3)5-7/h4-6H,1-3H3. The molecule has 1 heterocycles. The van der Waals surface area contributed by atoms with Crippen LogP contribution < -0.4 is 4.74 Å². The molecule has 0 bridgehead atoms. The third-order valence-electron chi connectivity index (χ3n) is 1.05. The summed E-state index contributed by atoms with van der Waals surface area (Å²) in [4.78, 5) is 0. The molecule has 1 aromatic heterocycles. The van der Waals surface area contributed by atoms with Gasteiger partial charge >= 0.3 is 0 Å². The van der Waals surface area contributed by atoms with Crippen LogP contribution >= 0.6 is 0 Å². The molecule has 0 aromatic carbocycles. The number of aromatic nitrogens is 2. The van der Waals surface area contributed by atoms with E-state index in [9.17, 15) is 0 Å². The van der Waals surface area contributed by atoms with E-state index in [1.54, 1.807) is 10.9 Å². The monoisotopic (exact) mass is 140 g/mol. The highest BCUT2D eigenvalue weighted by molar-refractivity contribution is 5.11. The van der Waals surface area contributed by atoms with Crippen molar-refractivity contribution in [3.05, 3.63) is 12.4 Å². The van der Waals surface area contributed by atoms with Gasteiger partial charge in [-0.25, -0.2) is 0 Å². The van der Waals surface area contributed by atoms with Crippen LogP contribution in [0, 0.1) is 0 Å². The Morgan fingerprint density at radius 2 is 2.30 bits per heavy atom. The molecule has 0 radical (unpaired) electrons. The van der Waals surface area contributed by atoms with Crippen molar-refractivity contribution < 1.29 is 4.74 Å². The summed E-state index contributed by atoms with van der Waals surface area (Å²) in [5.41, 5.74) is 0. The van der Waals surface area contributed by atoms with Crippen molar-refractivity contribution >= 4 is 0 Å². The number of rotatable bonds is 2. The van der Waals surface area contributed by atoms with E-state index >= 15 is 0 Å². The SMILES string of the molecule is CC(C)Oc1cnn(C)c1. The van der Waals surface area contributed by atoms with E-state index in [0.717, 1.165) is 5.75 Å². The zero-order valence-corrected chi connectivity index (χ0v) is 6.53. The Hall–Kier alpha value is -0.990. The van der Waals surface area contributed by atoms with E-state index in [-0.39, 0.29) is 6.10 Å². The number of aryl methyl sites for hydroxylation is 1. The Morgan fingerprint density at radius 3 is 2.70 bits per heavy atom. The van der Waals surface area contributed by atoms with E-state index < -0.39 is 0 Å². The summed E-state index contributed by atoms with van der Waals surface area (Å²) >= 11 is 0. The van der Waals surface area contributed by atoms with Crippen LogP contribution in [0.3, 0.4) is 0 Å². The van der Waals surface area contributed by atoms with Gasteiger partial charge in [-0.2, -0.15) is 5.10 Å². The Morgan fingerprint density at radius 1 is 1.60 bits per heavy atom. The van der Waals surface area contributed by atoms with E-state index in [2.05, 4.69) is 5.10 Å². The normalized spacial score (nSPS) is 10.4. The molecule has 0 aliphatic carbocycles. The van der Waals surface area contributed by atoms with E-state index in [0.29, 0.717) is 0 Å². The molecule has 3 heteroatoms. The lowest BCUT2D eigenvalue weighted by molar-refractivity contribution is 0.242.